The smallest absolute Gasteiger partial charge is 0.0694 e. The first-order valence-corrected chi connectivity index (χ1v) is 6.39. The molecule has 0 aliphatic carbocycles. The van der Waals surface area contributed by atoms with Crippen LogP contribution in [0, 0.1) is 0 Å². The van der Waals surface area contributed by atoms with Crippen LogP contribution in [0.2, 0.25) is 0 Å². The van der Waals surface area contributed by atoms with Gasteiger partial charge in [-0.1, -0.05) is 6.92 Å². The van der Waals surface area contributed by atoms with Crippen LogP contribution in [-0.4, -0.2) is 23.0 Å². The van der Waals surface area contributed by atoms with Crippen LogP contribution < -0.4 is 5.73 Å². The molecule has 1 heterocycles. The SMILES string of the molecule is CCCn1ncc(Br)c1C(N)CC(C)OC. The van der Waals surface area contributed by atoms with Gasteiger partial charge in [-0.15, -0.1) is 0 Å². The number of hydrogen-bond donors (Lipinski definition) is 1. The Balaban J connectivity index is 2.80. The Morgan fingerprint density at radius 2 is 2.31 bits per heavy atom. The van der Waals surface area contributed by atoms with Crippen molar-refractivity contribution in [1.82, 2.24) is 9.78 Å². The van der Waals surface area contributed by atoms with E-state index < -0.39 is 0 Å². The summed E-state index contributed by atoms with van der Waals surface area (Å²) in [5, 5.41) is 4.31. The lowest BCUT2D eigenvalue weighted by Gasteiger charge is -2.18. The van der Waals surface area contributed by atoms with Gasteiger partial charge in [-0.25, -0.2) is 0 Å². The molecule has 1 rings (SSSR count). The summed E-state index contributed by atoms with van der Waals surface area (Å²) in [4.78, 5) is 0. The van der Waals surface area contributed by atoms with E-state index in [4.69, 9.17) is 10.5 Å². The highest BCUT2D eigenvalue weighted by Crippen LogP contribution is 2.25. The van der Waals surface area contributed by atoms with Crippen molar-refractivity contribution in [2.75, 3.05) is 7.11 Å². The highest BCUT2D eigenvalue weighted by atomic mass is 79.9. The predicted octanol–water partition coefficient (Wildman–Crippen LogP) is 2.48. The Labute approximate surface area is 105 Å². The van der Waals surface area contributed by atoms with Gasteiger partial charge < -0.3 is 10.5 Å². The monoisotopic (exact) mass is 289 g/mol. The minimum absolute atomic E-state index is 0.0432. The van der Waals surface area contributed by atoms with Crippen LogP contribution in [0.15, 0.2) is 10.7 Å². The minimum atomic E-state index is -0.0432. The standard InChI is InChI=1S/C11H20BrN3O/c1-4-5-15-11(9(12)7-14-15)10(13)6-8(2)16-3/h7-8,10H,4-6,13H2,1-3H3. The molecule has 2 atom stereocenters. The average molecular weight is 290 g/mol. The number of aromatic nitrogens is 2. The van der Waals surface area contributed by atoms with Gasteiger partial charge in [0.1, 0.15) is 0 Å². The number of ether oxygens (including phenoxy) is 1. The molecule has 4 nitrogen and oxygen atoms in total. The van der Waals surface area contributed by atoms with Gasteiger partial charge in [-0.2, -0.15) is 5.10 Å². The van der Waals surface area contributed by atoms with Crippen molar-refractivity contribution >= 4 is 15.9 Å². The number of rotatable bonds is 6. The number of nitrogens with two attached hydrogens (primary N) is 1. The van der Waals surface area contributed by atoms with Gasteiger partial charge in [0, 0.05) is 13.7 Å². The highest BCUT2D eigenvalue weighted by molar-refractivity contribution is 9.10. The molecule has 5 heteroatoms. The second-order valence-electron chi connectivity index (χ2n) is 3.99. The highest BCUT2D eigenvalue weighted by Gasteiger charge is 2.18. The lowest BCUT2D eigenvalue weighted by Crippen LogP contribution is -2.22. The third-order valence-corrected chi connectivity index (χ3v) is 3.22. The number of aryl methyl sites for hydroxylation is 1. The molecule has 1 aromatic rings. The summed E-state index contributed by atoms with van der Waals surface area (Å²) >= 11 is 3.50. The summed E-state index contributed by atoms with van der Waals surface area (Å²) in [6, 6.07) is -0.0432. The van der Waals surface area contributed by atoms with Crippen LogP contribution >= 0.6 is 15.9 Å². The van der Waals surface area contributed by atoms with E-state index in [2.05, 4.69) is 28.0 Å². The number of halogens is 1. The average Bonchev–Trinajstić information content (AvgIpc) is 2.60. The molecule has 0 amide bonds. The van der Waals surface area contributed by atoms with Crippen LogP contribution in [0.25, 0.3) is 0 Å². The van der Waals surface area contributed by atoms with E-state index in [1.54, 1.807) is 7.11 Å². The van der Waals surface area contributed by atoms with E-state index in [9.17, 15) is 0 Å². The third-order valence-electron chi connectivity index (χ3n) is 2.61. The fourth-order valence-electron chi connectivity index (χ4n) is 1.70. The zero-order valence-corrected chi connectivity index (χ0v) is 11.7. The second kappa shape index (κ2) is 6.37. The van der Waals surface area contributed by atoms with Gasteiger partial charge in [-0.3, -0.25) is 4.68 Å². The molecule has 0 bridgehead atoms. The van der Waals surface area contributed by atoms with Crippen LogP contribution in [0.5, 0.6) is 0 Å². The number of hydrogen-bond acceptors (Lipinski definition) is 3. The van der Waals surface area contributed by atoms with Crippen molar-refractivity contribution in [1.29, 1.82) is 0 Å². The zero-order chi connectivity index (χ0) is 12.1. The Bertz CT molecular complexity index is 327. The van der Waals surface area contributed by atoms with E-state index in [0.29, 0.717) is 0 Å². The maximum atomic E-state index is 6.18. The van der Waals surface area contributed by atoms with E-state index in [-0.39, 0.29) is 12.1 Å². The topological polar surface area (TPSA) is 53.1 Å². The van der Waals surface area contributed by atoms with Crippen LogP contribution in [0.4, 0.5) is 0 Å². The summed E-state index contributed by atoms with van der Waals surface area (Å²) in [5.41, 5.74) is 7.24. The molecule has 0 fully saturated rings. The normalized spacial score (nSPS) is 15.1. The summed E-state index contributed by atoms with van der Waals surface area (Å²) < 4.78 is 8.19. The molecule has 2 N–H and O–H groups in total. The van der Waals surface area contributed by atoms with Gasteiger partial charge in [0.2, 0.25) is 0 Å². The molecule has 0 saturated heterocycles. The summed E-state index contributed by atoms with van der Waals surface area (Å²) in [5.74, 6) is 0. The van der Waals surface area contributed by atoms with Gasteiger partial charge in [-0.05, 0) is 35.7 Å². The fourth-order valence-corrected chi connectivity index (χ4v) is 2.29. The molecule has 0 radical (unpaired) electrons. The Morgan fingerprint density at radius 1 is 1.62 bits per heavy atom. The largest absolute Gasteiger partial charge is 0.382 e. The fraction of sp³-hybridized carbons (Fsp3) is 0.727. The van der Waals surface area contributed by atoms with Gasteiger partial charge in [0.25, 0.3) is 0 Å². The molecule has 0 aliphatic rings. The first kappa shape index (κ1) is 13.7. The lowest BCUT2D eigenvalue weighted by molar-refractivity contribution is 0.104. The maximum Gasteiger partial charge on any atom is 0.0694 e. The molecular formula is C11H20BrN3O. The first-order valence-electron chi connectivity index (χ1n) is 5.59. The quantitative estimate of drug-likeness (QED) is 0.875. The van der Waals surface area contributed by atoms with Crippen LogP contribution in [-0.2, 0) is 11.3 Å². The lowest BCUT2D eigenvalue weighted by atomic mass is 10.1. The Kier molecular flexibility index (Phi) is 5.44. The van der Waals surface area contributed by atoms with Crippen LogP contribution in [0.3, 0.4) is 0 Å². The number of nitrogens with zero attached hydrogens (tertiary/aromatic N) is 2. The molecule has 0 spiro atoms. The molecule has 1 aromatic heterocycles. The van der Waals surface area contributed by atoms with E-state index in [1.165, 1.54) is 0 Å². The first-order chi connectivity index (χ1) is 7.60. The molecule has 16 heavy (non-hydrogen) atoms. The Hall–Kier alpha value is -0.390. The molecule has 0 aliphatic heterocycles. The second-order valence-corrected chi connectivity index (χ2v) is 4.84. The van der Waals surface area contributed by atoms with Crippen molar-refractivity contribution in [3.63, 3.8) is 0 Å². The molecule has 0 saturated carbocycles. The molecule has 92 valence electrons. The van der Waals surface area contributed by atoms with Gasteiger partial charge >= 0.3 is 0 Å². The molecule has 0 aromatic carbocycles. The van der Waals surface area contributed by atoms with Crippen molar-refractivity contribution in [3.05, 3.63) is 16.4 Å². The summed E-state index contributed by atoms with van der Waals surface area (Å²) in [6.07, 6.45) is 3.81. The summed E-state index contributed by atoms with van der Waals surface area (Å²) in [7, 11) is 1.70. The minimum Gasteiger partial charge on any atom is -0.382 e. The van der Waals surface area contributed by atoms with Crippen molar-refractivity contribution in [2.24, 2.45) is 5.73 Å². The summed E-state index contributed by atoms with van der Waals surface area (Å²) in [6.45, 7) is 5.05. The number of methoxy groups -OCH3 is 1. The van der Waals surface area contributed by atoms with Gasteiger partial charge in [0.05, 0.1) is 28.5 Å². The zero-order valence-electron chi connectivity index (χ0n) is 10.1. The van der Waals surface area contributed by atoms with E-state index in [1.807, 2.05) is 17.8 Å². The van der Waals surface area contributed by atoms with Crippen molar-refractivity contribution < 1.29 is 4.74 Å². The van der Waals surface area contributed by atoms with Gasteiger partial charge in [0.15, 0.2) is 0 Å². The maximum absolute atomic E-state index is 6.18. The molecular weight excluding hydrogens is 270 g/mol. The Morgan fingerprint density at radius 3 is 2.88 bits per heavy atom. The van der Waals surface area contributed by atoms with Crippen LogP contribution in [0.1, 0.15) is 38.4 Å². The third kappa shape index (κ3) is 3.30. The van der Waals surface area contributed by atoms with Crippen molar-refractivity contribution in [2.45, 2.75) is 45.4 Å². The molecule has 2 unspecified atom stereocenters. The predicted molar refractivity (Wildman–Crippen MR) is 68.2 cm³/mol. The van der Waals surface area contributed by atoms with E-state index in [0.717, 1.165) is 29.6 Å². The van der Waals surface area contributed by atoms with Crippen molar-refractivity contribution in [3.8, 4) is 0 Å². The van der Waals surface area contributed by atoms with E-state index >= 15 is 0 Å².